The van der Waals surface area contributed by atoms with Gasteiger partial charge in [-0.15, -0.1) is 11.8 Å². The first-order valence-corrected chi connectivity index (χ1v) is 9.96. The molecule has 146 valence electrons. The number of hydrogen-bond acceptors (Lipinski definition) is 5. The van der Waals surface area contributed by atoms with Crippen LogP contribution < -0.4 is 5.32 Å². The molecule has 1 atom stereocenters. The molecule has 2 aromatic rings. The minimum Gasteiger partial charge on any atom is -0.324 e. The molecule has 1 fully saturated rings. The van der Waals surface area contributed by atoms with Crippen LogP contribution >= 0.6 is 11.8 Å². The van der Waals surface area contributed by atoms with Crippen LogP contribution in [0.4, 0.5) is 11.4 Å². The summed E-state index contributed by atoms with van der Waals surface area (Å²) in [4.78, 5) is 37.8. The molecule has 1 aliphatic rings. The number of anilines is 1. The van der Waals surface area contributed by atoms with Crippen LogP contribution in [-0.4, -0.2) is 39.3 Å². The number of hydrogen-bond donors (Lipinski definition) is 1. The Morgan fingerprint density at radius 3 is 2.61 bits per heavy atom. The standard InChI is InChI=1S/C20H21N3O4S/c1-12-5-4-6-17(14(12)3)21-19(24)18-10-28-11-22(18)20(25)16-8-7-15(23(26)27)9-13(16)2/h4-9,18H,10-11H2,1-3H3,(H,21,24). The highest BCUT2D eigenvalue weighted by Crippen LogP contribution is 2.27. The summed E-state index contributed by atoms with van der Waals surface area (Å²) in [6, 6.07) is 9.25. The Bertz CT molecular complexity index is 960. The Morgan fingerprint density at radius 2 is 1.93 bits per heavy atom. The van der Waals surface area contributed by atoms with Crippen molar-refractivity contribution in [3.05, 3.63) is 68.8 Å². The average molecular weight is 399 g/mol. The summed E-state index contributed by atoms with van der Waals surface area (Å²) in [6.07, 6.45) is 0. The molecule has 0 spiro atoms. The Balaban J connectivity index is 1.80. The normalized spacial score (nSPS) is 16.1. The van der Waals surface area contributed by atoms with Gasteiger partial charge in [-0.25, -0.2) is 0 Å². The Morgan fingerprint density at radius 1 is 1.18 bits per heavy atom. The van der Waals surface area contributed by atoms with Crippen LogP contribution in [0.2, 0.25) is 0 Å². The molecule has 3 rings (SSSR count). The second kappa shape index (κ2) is 8.02. The minimum atomic E-state index is -0.591. The molecule has 1 saturated heterocycles. The lowest BCUT2D eigenvalue weighted by molar-refractivity contribution is -0.384. The number of carbonyl (C=O) groups excluding carboxylic acids is 2. The van der Waals surface area contributed by atoms with Crippen molar-refractivity contribution in [1.82, 2.24) is 4.90 Å². The Hall–Kier alpha value is -2.87. The molecule has 7 nitrogen and oxygen atoms in total. The number of rotatable bonds is 4. The van der Waals surface area contributed by atoms with Gasteiger partial charge in [0.2, 0.25) is 5.91 Å². The van der Waals surface area contributed by atoms with Gasteiger partial charge in [0.05, 0.1) is 10.8 Å². The van der Waals surface area contributed by atoms with Gasteiger partial charge in [0.25, 0.3) is 11.6 Å². The van der Waals surface area contributed by atoms with Gasteiger partial charge in [-0.1, -0.05) is 12.1 Å². The number of aryl methyl sites for hydroxylation is 2. The largest absolute Gasteiger partial charge is 0.324 e. The molecule has 1 unspecified atom stereocenters. The van der Waals surface area contributed by atoms with Gasteiger partial charge in [-0.2, -0.15) is 0 Å². The lowest BCUT2D eigenvalue weighted by atomic mass is 10.1. The van der Waals surface area contributed by atoms with Crippen molar-refractivity contribution < 1.29 is 14.5 Å². The maximum absolute atomic E-state index is 13.0. The number of benzene rings is 2. The van der Waals surface area contributed by atoms with E-state index in [1.54, 1.807) is 6.92 Å². The molecular weight excluding hydrogens is 378 g/mol. The zero-order valence-corrected chi connectivity index (χ0v) is 16.7. The second-order valence-corrected chi connectivity index (χ2v) is 7.78. The van der Waals surface area contributed by atoms with E-state index in [-0.39, 0.29) is 17.5 Å². The third kappa shape index (κ3) is 3.87. The number of nitro groups is 1. The quantitative estimate of drug-likeness (QED) is 0.625. The number of thioether (sulfide) groups is 1. The summed E-state index contributed by atoms with van der Waals surface area (Å²) in [6.45, 7) is 5.58. The minimum absolute atomic E-state index is 0.0611. The van der Waals surface area contributed by atoms with Gasteiger partial charge in [-0.3, -0.25) is 19.7 Å². The fourth-order valence-electron chi connectivity index (χ4n) is 3.12. The van der Waals surface area contributed by atoms with Crippen molar-refractivity contribution in [3.63, 3.8) is 0 Å². The summed E-state index contributed by atoms with van der Waals surface area (Å²) < 4.78 is 0. The summed E-state index contributed by atoms with van der Waals surface area (Å²) in [7, 11) is 0. The second-order valence-electron chi connectivity index (χ2n) is 6.78. The van der Waals surface area contributed by atoms with E-state index >= 15 is 0 Å². The zero-order valence-electron chi connectivity index (χ0n) is 15.9. The third-order valence-corrected chi connectivity index (χ3v) is 5.97. The molecule has 2 amide bonds. The van der Waals surface area contributed by atoms with Crippen LogP contribution in [0.3, 0.4) is 0 Å². The molecule has 0 bridgehead atoms. The van der Waals surface area contributed by atoms with Crippen LogP contribution in [0.5, 0.6) is 0 Å². The molecule has 2 aromatic carbocycles. The maximum Gasteiger partial charge on any atom is 0.269 e. The van der Waals surface area contributed by atoms with Gasteiger partial charge in [0.1, 0.15) is 6.04 Å². The highest BCUT2D eigenvalue weighted by molar-refractivity contribution is 7.99. The molecule has 1 N–H and O–H groups in total. The molecule has 0 saturated carbocycles. The predicted molar refractivity (Wildman–Crippen MR) is 110 cm³/mol. The molecule has 8 heteroatoms. The lowest BCUT2D eigenvalue weighted by Crippen LogP contribution is -2.44. The van der Waals surface area contributed by atoms with E-state index in [0.29, 0.717) is 22.8 Å². The van der Waals surface area contributed by atoms with Crippen molar-refractivity contribution in [1.29, 1.82) is 0 Å². The van der Waals surface area contributed by atoms with Crippen LogP contribution in [0.25, 0.3) is 0 Å². The first-order valence-electron chi connectivity index (χ1n) is 8.80. The van der Waals surface area contributed by atoms with E-state index in [9.17, 15) is 19.7 Å². The topological polar surface area (TPSA) is 92.6 Å². The van der Waals surface area contributed by atoms with Crippen molar-refractivity contribution in [2.75, 3.05) is 16.9 Å². The van der Waals surface area contributed by atoms with E-state index in [1.165, 1.54) is 34.9 Å². The Kier molecular flexibility index (Phi) is 5.69. The van der Waals surface area contributed by atoms with E-state index < -0.39 is 11.0 Å². The zero-order chi connectivity index (χ0) is 20.4. The van der Waals surface area contributed by atoms with Crippen LogP contribution in [-0.2, 0) is 4.79 Å². The van der Waals surface area contributed by atoms with E-state index in [0.717, 1.165) is 16.8 Å². The first kappa shape index (κ1) is 19.9. The fraction of sp³-hybridized carbons (Fsp3) is 0.300. The van der Waals surface area contributed by atoms with Gasteiger partial charge >= 0.3 is 0 Å². The maximum atomic E-state index is 13.0. The van der Waals surface area contributed by atoms with Crippen molar-refractivity contribution in [3.8, 4) is 0 Å². The van der Waals surface area contributed by atoms with Gasteiger partial charge in [-0.05, 0) is 49.6 Å². The molecule has 1 heterocycles. The summed E-state index contributed by atoms with van der Waals surface area (Å²) in [5.74, 6) is 0.388. The SMILES string of the molecule is Cc1cc([N+](=O)[O-])ccc1C(=O)N1CSCC1C(=O)Nc1cccc(C)c1C. The number of amides is 2. The number of carbonyl (C=O) groups is 2. The van der Waals surface area contributed by atoms with Crippen molar-refractivity contribution >= 4 is 35.0 Å². The fourth-order valence-corrected chi connectivity index (χ4v) is 4.27. The highest BCUT2D eigenvalue weighted by Gasteiger charge is 2.36. The number of non-ortho nitro benzene ring substituents is 1. The van der Waals surface area contributed by atoms with Crippen molar-refractivity contribution in [2.45, 2.75) is 26.8 Å². The number of nitrogens with zero attached hydrogens (tertiary/aromatic N) is 2. The summed E-state index contributed by atoms with van der Waals surface area (Å²) in [5, 5.41) is 13.8. The van der Waals surface area contributed by atoms with Crippen molar-refractivity contribution in [2.24, 2.45) is 0 Å². The van der Waals surface area contributed by atoms with Gasteiger partial charge in [0.15, 0.2) is 0 Å². The molecule has 1 aliphatic heterocycles. The van der Waals surface area contributed by atoms with Gasteiger partial charge < -0.3 is 10.2 Å². The first-order chi connectivity index (χ1) is 13.3. The summed E-state index contributed by atoms with van der Waals surface area (Å²) >= 11 is 1.51. The monoisotopic (exact) mass is 399 g/mol. The molecule has 0 aliphatic carbocycles. The molecule has 0 aromatic heterocycles. The highest BCUT2D eigenvalue weighted by atomic mass is 32.2. The number of nitro benzene ring substituents is 1. The third-order valence-electron chi connectivity index (χ3n) is 4.96. The van der Waals surface area contributed by atoms with E-state index in [4.69, 9.17) is 0 Å². The Labute approximate surface area is 167 Å². The van der Waals surface area contributed by atoms with Gasteiger partial charge in [0, 0.05) is 29.1 Å². The lowest BCUT2D eigenvalue weighted by Gasteiger charge is -2.24. The average Bonchev–Trinajstić information content (AvgIpc) is 3.14. The van der Waals surface area contributed by atoms with Crippen LogP contribution in [0.15, 0.2) is 36.4 Å². The number of nitrogens with one attached hydrogen (secondary N) is 1. The molecule has 0 radical (unpaired) electrons. The molecule has 28 heavy (non-hydrogen) atoms. The van der Waals surface area contributed by atoms with E-state index in [2.05, 4.69) is 5.32 Å². The molecular formula is C20H21N3O4S. The summed E-state index contributed by atoms with van der Waals surface area (Å²) in [5.41, 5.74) is 3.64. The smallest absolute Gasteiger partial charge is 0.269 e. The van der Waals surface area contributed by atoms with Crippen LogP contribution in [0.1, 0.15) is 27.0 Å². The van der Waals surface area contributed by atoms with Crippen LogP contribution in [0, 0.1) is 30.9 Å². The van der Waals surface area contributed by atoms with E-state index in [1.807, 2.05) is 32.0 Å². The predicted octanol–water partition coefficient (Wildman–Crippen LogP) is 3.67.